The van der Waals surface area contributed by atoms with Crippen molar-refractivity contribution in [2.24, 2.45) is 0 Å². The molecule has 0 saturated carbocycles. The standard InChI is InChI=1S/C18H18N2O7S/c1-25-14-8-11(18(22)27-3)12(9-15(14)26-2)19-17(21)10-5-6-16(28-4)13(7-10)20(23)24/h5-9H,1-4H3,(H,19,21). The second kappa shape index (κ2) is 9.09. The van der Waals surface area contributed by atoms with Gasteiger partial charge in [-0.2, -0.15) is 0 Å². The zero-order valence-electron chi connectivity index (χ0n) is 15.6. The van der Waals surface area contributed by atoms with E-state index in [1.807, 2.05) is 0 Å². The van der Waals surface area contributed by atoms with E-state index in [9.17, 15) is 19.7 Å². The lowest BCUT2D eigenvalue weighted by molar-refractivity contribution is -0.387. The molecule has 0 radical (unpaired) electrons. The molecule has 0 aliphatic heterocycles. The largest absolute Gasteiger partial charge is 0.493 e. The number of amides is 1. The molecule has 148 valence electrons. The Morgan fingerprint density at radius 1 is 1.07 bits per heavy atom. The molecule has 9 nitrogen and oxygen atoms in total. The van der Waals surface area contributed by atoms with Crippen molar-refractivity contribution >= 4 is 35.0 Å². The number of ether oxygens (including phenoxy) is 3. The number of carbonyl (C=O) groups excluding carboxylic acids is 2. The Morgan fingerprint density at radius 3 is 2.25 bits per heavy atom. The van der Waals surface area contributed by atoms with Crippen LogP contribution in [-0.2, 0) is 4.74 Å². The maximum absolute atomic E-state index is 12.6. The fourth-order valence-corrected chi connectivity index (χ4v) is 2.98. The number of methoxy groups -OCH3 is 3. The number of thioether (sulfide) groups is 1. The Hall–Kier alpha value is -3.27. The maximum atomic E-state index is 12.6. The third-order valence-corrected chi connectivity index (χ3v) is 4.60. The molecule has 28 heavy (non-hydrogen) atoms. The van der Waals surface area contributed by atoms with Gasteiger partial charge in [-0.3, -0.25) is 14.9 Å². The SMILES string of the molecule is COC(=O)c1cc(OC)c(OC)cc1NC(=O)c1ccc(SC)c([N+](=O)[O-])c1. The van der Waals surface area contributed by atoms with Gasteiger partial charge in [0.25, 0.3) is 11.6 Å². The predicted octanol–water partition coefficient (Wildman–Crippen LogP) is 3.37. The van der Waals surface area contributed by atoms with Crippen molar-refractivity contribution in [2.45, 2.75) is 4.90 Å². The highest BCUT2D eigenvalue weighted by Gasteiger charge is 2.21. The summed E-state index contributed by atoms with van der Waals surface area (Å²) < 4.78 is 15.1. The van der Waals surface area contributed by atoms with E-state index in [4.69, 9.17) is 14.2 Å². The van der Waals surface area contributed by atoms with E-state index in [0.29, 0.717) is 4.90 Å². The van der Waals surface area contributed by atoms with Crippen LogP contribution in [0.1, 0.15) is 20.7 Å². The van der Waals surface area contributed by atoms with Gasteiger partial charge in [0, 0.05) is 23.8 Å². The number of carbonyl (C=O) groups is 2. The predicted molar refractivity (Wildman–Crippen MR) is 104 cm³/mol. The molecule has 0 aliphatic carbocycles. The average Bonchev–Trinajstić information content (AvgIpc) is 2.71. The molecule has 2 rings (SSSR count). The van der Waals surface area contributed by atoms with E-state index >= 15 is 0 Å². The van der Waals surface area contributed by atoms with Crippen LogP contribution < -0.4 is 14.8 Å². The van der Waals surface area contributed by atoms with Crippen molar-refractivity contribution in [3.05, 3.63) is 51.6 Å². The second-order valence-electron chi connectivity index (χ2n) is 5.34. The van der Waals surface area contributed by atoms with Crippen molar-refractivity contribution in [1.82, 2.24) is 0 Å². The first-order valence-corrected chi connectivity index (χ1v) is 9.06. The fourth-order valence-electron chi connectivity index (χ4n) is 2.43. The number of nitrogens with zero attached hydrogens (tertiary/aromatic N) is 1. The smallest absolute Gasteiger partial charge is 0.340 e. The van der Waals surface area contributed by atoms with Crippen LogP contribution >= 0.6 is 11.8 Å². The molecule has 0 aromatic heterocycles. The van der Waals surface area contributed by atoms with Crippen LogP contribution in [0, 0.1) is 10.1 Å². The molecule has 0 fully saturated rings. The van der Waals surface area contributed by atoms with Crippen LogP contribution in [0.4, 0.5) is 11.4 Å². The highest BCUT2D eigenvalue weighted by Crippen LogP contribution is 2.34. The van der Waals surface area contributed by atoms with Crippen molar-refractivity contribution < 1.29 is 28.7 Å². The normalized spacial score (nSPS) is 10.1. The van der Waals surface area contributed by atoms with Gasteiger partial charge in [0.1, 0.15) is 0 Å². The monoisotopic (exact) mass is 406 g/mol. The summed E-state index contributed by atoms with van der Waals surface area (Å²) in [6, 6.07) is 6.92. The first kappa shape index (κ1) is 21.0. The zero-order valence-corrected chi connectivity index (χ0v) is 16.4. The summed E-state index contributed by atoms with van der Waals surface area (Å²) in [5, 5.41) is 13.8. The van der Waals surface area contributed by atoms with Crippen molar-refractivity contribution in [3.8, 4) is 11.5 Å². The van der Waals surface area contributed by atoms with Gasteiger partial charge in [0.15, 0.2) is 11.5 Å². The highest BCUT2D eigenvalue weighted by molar-refractivity contribution is 7.98. The second-order valence-corrected chi connectivity index (χ2v) is 6.19. The van der Waals surface area contributed by atoms with Crippen LogP contribution in [0.5, 0.6) is 11.5 Å². The summed E-state index contributed by atoms with van der Waals surface area (Å²) in [4.78, 5) is 35.8. The lowest BCUT2D eigenvalue weighted by Crippen LogP contribution is -2.16. The third kappa shape index (κ3) is 4.34. The van der Waals surface area contributed by atoms with E-state index < -0.39 is 16.8 Å². The van der Waals surface area contributed by atoms with Crippen LogP contribution in [-0.4, -0.2) is 44.4 Å². The average molecular weight is 406 g/mol. The number of nitro benzene ring substituents is 1. The van der Waals surface area contributed by atoms with Crippen LogP contribution in [0.15, 0.2) is 35.2 Å². The minimum atomic E-state index is -0.694. The van der Waals surface area contributed by atoms with E-state index in [1.54, 1.807) is 6.26 Å². The molecule has 0 aliphatic rings. The van der Waals surface area contributed by atoms with Crippen molar-refractivity contribution in [2.75, 3.05) is 32.9 Å². The molecular weight excluding hydrogens is 388 g/mol. The topological polar surface area (TPSA) is 117 Å². The van der Waals surface area contributed by atoms with Crippen LogP contribution in [0.3, 0.4) is 0 Å². The van der Waals surface area contributed by atoms with E-state index in [1.165, 1.54) is 63.4 Å². The minimum Gasteiger partial charge on any atom is -0.493 e. The first-order valence-electron chi connectivity index (χ1n) is 7.84. The Labute approximate surface area is 165 Å². The molecule has 0 atom stereocenters. The van der Waals surface area contributed by atoms with Crippen molar-refractivity contribution in [3.63, 3.8) is 0 Å². The van der Waals surface area contributed by atoms with Crippen LogP contribution in [0.2, 0.25) is 0 Å². The Balaban J connectivity index is 2.46. The molecule has 0 spiro atoms. The van der Waals surface area contributed by atoms with Crippen LogP contribution in [0.25, 0.3) is 0 Å². The summed E-state index contributed by atoms with van der Waals surface area (Å²) in [7, 11) is 4.02. The van der Waals surface area contributed by atoms with Gasteiger partial charge >= 0.3 is 5.97 Å². The number of esters is 1. The molecule has 2 aromatic rings. The summed E-state index contributed by atoms with van der Waals surface area (Å²) in [6.45, 7) is 0. The third-order valence-electron chi connectivity index (χ3n) is 3.81. The van der Waals surface area contributed by atoms with E-state index in [0.717, 1.165) is 0 Å². The van der Waals surface area contributed by atoms with Crippen molar-refractivity contribution in [1.29, 1.82) is 0 Å². The summed E-state index contributed by atoms with van der Waals surface area (Å²) in [5.41, 5.74) is 0.0468. The van der Waals surface area contributed by atoms with Gasteiger partial charge in [0.05, 0.1) is 42.4 Å². The quantitative estimate of drug-likeness (QED) is 0.322. The van der Waals surface area contributed by atoms with E-state index in [2.05, 4.69) is 5.32 Å². The number of nitro groups is 1. The van der Waals surface area contributed by atoms with Gasteiger partial charge < -0.3 is 19.5 Å². The van der Waals surface area contributed by atoms with Gasteiger partial charge in [-0.1, -0.05) is 0 Å². The first-order chi connectivity index (χ1) is 13.4. The Bertz CT molecular complexity index is 930. The van der Waals surface area contributed by atoms with Gasteiger partial charge in [-0.05, 0) is 18.4 Å². The summed E-state index contributed by atoms with van der Waals surface area (Å²) >= 11 is 1.20. The van der Waals surface area contributed by atoms with E-state index in [-0.39, 0.29) is 34.0 Å². The lowest BCUT2D eigenvalue weighted by Gasteiger charge is -2.14. The van der Waals surface area contributed by atoms with Gasteiger partial charge in [0.2, 0.25) is 0 Å². The molecular formula is C18H18N2O7S. The molecule has 1 amide bonds. The fraction of sp³-hybridized carbons (Fsp3) is 0.222. The lowest BCUT2D eigenvalue weighted by atomic mass is 10.1. The Kier molecular flexibility index (Phi) is 6.83. The summed E-state index contributed by atoms with van der Waals surface area (Å²) in [6.07, 6.45) is 1.70. The number of hydrogen-bond acceptors (Lipinski definition) is 8. The molecule has 0 saturated heterocycles. The molecule has 2 aromatic carbocycles. The maximum Gasteiger partial charge on any atom is 0.340 e. The van der Waals surface area contributed by atoms with Gasteiger partial charge in [-0.25, -0.2) is 4.79 Å². The molecule has 0 unspecified atom stereocenters. The Morgan fingerprint density at radius 2 is 1.71 bits per heavy atom. The molecule has 10 heteroatoms. The number of anilines is 1. The summed E-state index contributed by atoms with van der Waals surface area (Å²) in [5.74, 6) is -0.761. The number of rotatable bonds is 7. The zero-order chi connectivity index (χ0) is 20.8. The molecule has 1 N–H and O–H groups in total. The molecule has 0 bridgehead atoms. The highest BCUT2D eigenvalue weighted by atomic mass is 32.2. The number of nitrogens with one attached hydrogen (secondary N) is 1. The van der Waals surface area contributed by atoms with Gasteiger partial charge in [-0.15, -0.1) is 11.8 Å². The number of benzene rings is 2. The number of hydrogen-bond donors (Lipinski definition) is 1. The minimum absolute atomic E-state index is 0.0451. The molecule has 0 heterocycles.